The summed E-state index contributed by atoms with van der Waals surface area (Å²) in [4.78, 5) is 0. The van der Waals surface area contributed by atoms with Gasteiger partial charge in [-0.3, -0.25) is 0 Å². The number of aryl methyl sites for hydroxylation is 1. The molecule has 2 nitrogen and oxygen atoms in total. The number of unbranched alkanes of at least 4 members (excludes halogenated alkanes) is 1. The summed E-state index contributed by atoms with van der Waals surface area (Å²) in [6.45, 7) is 3.62. The quantitative estimate of drug-likeness (QED) is 0.209. The van der Waals surface area contributed by atoms with E-state index in [9.17, 15) is 22.0 Å². The summed E-state index contributed by atoms with van der Waals surface area (Å²) in [5, 5.41) is 0. The van der Waals surface area contributed by atoms with E-state index >= 15 is 0 Å². The van der Waals surface area contributed by atoms with Gasteiger partial charge >= 0.3 is 0 Å². The maximum atomic E-state index is 14.9. The second-order valence-electron chi connectivity index (χ2n) is 9.30. The van der Waals surface area contributed by atoms with Crippen LogP contribution in [0.1, 0.15) is 67.2 Å². The molecule has 0 spiro atoms. The molecule has 0 radical (unpaired) electrons. The molecular weight excluding hydrogens is 487 g/mol. The molecule has 3 aromatic carbocycles. The molecule has 0 N–H and O–H groups in total. The van der Waals surface area contributed by atoms with Gasteiger partial charge in [-0.1, -0.05) is 43.7 Å². The lowest BCUT2D eigenvalue weighted by atomic mass is 9.82. The van der Waals surface area contributed by atoms with Gasteiger partial charge in [0.15, 0.2) is 23.1 Å². The van der Waals surface area contributed by atoms with Gasteiger partial charge in [0.25, 0.3) is 0 Å². The number of halogens is 5. The number of ether oxygens (including phenoxy) is 2. The zero-order valence-electron chi connectivity index (χ0n) is 20.9. The molecule has 7 heteroatoms. The van der Waals surface area contributed by atoms with Crippen LogP contribution in [0.5, 0.6) is 11.5 Å². The third-order valence-corrected chi connectivity index (χ3v) is 6.70. The van der Waals surface area contributed by atoms with Crippen LogP contribution >= 0.6 is 0 Å². The first kappa shape index (κ1) is 26.7. The Morgan fingerprint density at radius 3 is 2.22 bits per heavy atom. The highest BCUT2D eigenvalue weighted by Gasteiger charge is 2.23. The molecule has 0 amide bonds. The molecule has 4 rings (SSSR count). The molecular formula is C30H29F5O2. The molecule has 1 aliphatic rings. The maximum absolute atomic E-state index is 14.9. The smallest absolute Gasteiger partial charge is 0.204 e. The van der Waals surface area contributed by atoms with Gasteiger partial charge in [0.1, 0.15) is 12.4 Å². The lowest BCUT2D eigenvalue weighted by molar-refractivity contribution is 0.267. The van der Waals surface area contributed by atoms with Crippen LogP contribution in [-0.2, 0) is 6.61 Å². The summed E-state index contributed by atoms with van der Waals surface area (Å²) in [6.07, 6.45) is 5.02. The zero-order chi connectivity index (χ0) is 26.5. The highest BCUT2D eigenvalue weighted by Crippen LogP contribution is 2.38. The summed E-state index contributed by atoms with van der Waals surface area (Å²) >= 11 is 0. The van der Waals surface area contributed by atoms with Crippen molar-refractivity contribution in [2.24, 2.45) is 0 Å². The molecule has 0 heterocycles. The minimum absolute atomic E-state index is 0.150. The monoisotopic (exact) mass is 516 g/mol. The van der Waals surface area contributed by atoms with Crippen molar-refractivity contribution in [1.29, 1.82) is 0 Å². The van der Waals surface area contributed by atoms with E-state index in [2.05, 4.69) is 0 Å². The van der Waals surface area contributed by atoms with E-state index in [1.54, 1.807) is 24.3 Å². The van der Waals surface area contributed by atoms with Crippen LogP contribution in [0.4, 0.5) is 22.0 Å². The van der Waals surface area contributed by atoms with Gasteiger partial charge in [0.05, 0.1) is 6.61 Å². The molecule has 0 aliphatic heterocycles. The normalized spacial score (nSPS) is 15.4. The molecule has 3 aromatic rings. The first-order chi connectivity index (χ1) is 17.8. The minimum atomic E-state index is -1.15. The number of allylic oxidation sites excluding steroid dienone is 2. The van der Waals surface area contributed by atoms with Crippen molar-refractivity contribution < 1.29 is 31.4 Å². The lowest BCUT2D eigenvalue weighted by Crippen LogP contribution is -2.09. The average Bonchev–Trinajstić information content (AvgIpc) is 2.90. The number of rotatable bonds is 9. The Bertz CT molecular complexity index is 1300. The molecule has 0 bridgehead atoms. The Labute approximate surface area is 213 Å². The van der Waals surface area contributed by atoms with Crippen molar-refractivity contribution in [2.75, 3.05) is 6.61 Å². The minimum Gasteiger partial charge on any atom is -0.490 e. The highest BCUT2D eigenvalue weighted by atomic mass is 19.2. The van der Waals surface area contributed by atoms with Gasteiger partial charge in [-0.05, 0) is 79.0 Å². The largest absolute Gasteiger partial charge is 0.490 e. The topological polar surface area (TPSA) is 18.5 Å². The van der Waals surface area contributed by atoms with Crippen molar-refractivity contribution in [3.63, 3.8) is 0 Å². The van der Waals surface area contributed by atoms with Crippen molar-refractivity contribution in [3.05, 3.63) is 99.9 Å². The third-order valence-electron chi connectivity index (χ3n) is 6.70. The second-order valence-corrected chi connectivity index (χ2v) is 9.30. The van der Waals surface area contributed by atoms with Crippen LogP contribution in [-0.4, -0.2) is 6.61 Å². The second kappa shape index (κ2) is 11.8. The first-order valence-electron chi connectivity index (χ1n) is 12.5. The summed E-state index contributed by atoms with van der Waals surface area (Å²) in [6, 6.07) is 10.4. The van der Waals surface area contributed by atoms with E-state index in [0.29, 0.717) is 36.0 Å². The van der Waals surface area contributed by atoms with Crippen LogP contribution in [0.3, 0.4) is 0 Å². The predicted octanol–water partition coefficient (Wildman–Crippen LogP) is 8.80. The van der Waals surface area contributed by atoms with Crippen molar-refractivity contribution in [3.8, 4) is 11.5 Å². The van der Waals surface area contributed by atoms with Gasteiger partial charge in [-0.15, -0.1) is 0 Å². The third kappa shape index (κ3) is 5.97. The van der Waals surface area contributed by atoms with E-state index < -0.39 is 29.1 Å². The lowest BCUT2D eigenvalue weighted by Gasteiger charge is -2.23. The summed E-state index contributed by atoms with van der Waals surface area (Å²) in [7, 11) is 0. The van der Waals surface area contributed by atoms with E-state index in [1.165, 1.54) is 25.1 Å². The maximum Gasteiger partial charge on any atom is 0.204 e. The first-order valence-corrected chi connectivity index (χ1v) is 12.5. The van der Waals surface area contributed by atoms with Gasteiger partial charge in [0.2, 0.25) is 11.6 Å². The number of hydrogen-bond donors (Lipinski definition) is 0. The van der Waals surface area contributed by atoms with Gasteiger partial charge in [-0.2, -0.15) is 8.78 Å². The van der Waals surface area contributed by atoms with Crippen molar-refractivity contribution in [2.45, 2.75) is 58.5 Å². The highest BCUT2D eigenvalue weighted by molar-refractivity contribution is 5.67. The zero-order valence-corrected chi connectivity index (χ0v) is 20.9. The Balaban J connectivity index is 1.40. The van der Waals surface area contributed by atoms with Gasteiger partial charge < -0.3 is 9.47 Å². The molecule has 196 valence electrons. The van der Waals surface area contributed by atoms with E-state index in [-0.39, 0.29) is 36.2 Å². The standard InChI is InChI=1S/C30H29F5O2/c1-3-4-15-36-25-13-14-26(30(35)29(25)34)37-17-19-6-12-22(24(31)16-19)20-7-9-21(10-8-20)23-11-5-18(2)27(32)28(23)33/h5-7,11-14,16,21H,3-4,8-10,15,17H2,1-2H3. The Morgan fingerprint density at radius 2 is 1.57 bits per heavy atom. The van der Waals surface area contributed by atoms with Crippen LogP contribution in [0.2, 0.25) is 0 Å². The van der Waals surface area contributed by atoms with E-state index in [0.717, 1.165) is 18.4 Å². The molecule has 0 saturated heterocycles. The van der Waals surface area contributed by atoms with Gasteiger partial charge in [0, 0.05) is 5.56 Å². The predicted molar refractivity (Wildman–Crippen MR) is 133 cm³/mol. The van der Waals surface area contributed by atoms with E-state index in [1.807, 2.05) is 13.0 Å². The molecule has 1 unspecified atom stereocenters. The van der Waals surface area contributed by atoms with Gasteiger partial charge in [-0.25, -0.2) is 13.2 Å². The molecule has 1 aliphatic carbocycles. The summed E-state index contributed by atoms with van der Waals surface area (Å²) in [5.41, 5.74) is 2.27. The SMILES string of the molecule is CCCCOc1ccc(OCc2ccc(C3=CCC(c4ccc(C)c(F)c4F)CC3)c(F)c2)c(F)c1F. The Hall–Kier alpha value is -3.35. The van der Waals surface area contributed by atoms with Crippen molar-refractivity contribution >= 4 is 5.57 Å². The Kier molecular flexibility index (Phi) is 8.52. The summed E-state index contributed by atoms with van der Waals surface area (Å²) in [5.74, 6) is -5.01. The average molecular weight is 517 g/mol. The van der Waals surface area contributed by atoms with Crippen LogP contribution in [0.15, 0.2) is 48.5 Å². The molecule has 0 fully saturated rings. The van der Waals surface area contributed by atoms with E-state index in [4.69, 9.17) is 9.47 Å². The number of hydrogen-bond acceptors (Lipinski definition) is 2. The fourth-order valence-corrected chi connectivity index (χ4v) is 4.47. The Morgan fingerprint density at radius 1 is 0.838 bits per heavy atom. The fourth-order valence-electron chi connectivity index (χ4n) is 4.47. The summed E-state index contributed by atoms with van der Waals surface area (Å²) < 4.78 is 82.6. The van der Waals surface area contributed by atoms with Crippen LogP contribution in [0, 0.1) is 36.0 Å². The van der Waals surface area contributed by atoms with Crippen molar-refractivity contribution in [1.82, 2.24) is 0 Å². The van der Waals surface area contributed by atoms with Crippen LogP contribution < -0.4 is 9.47 Å². The number of benzene rings is 3. The van der Waals surface area contributed by atoms with Crippen LogP contribution in [0.25, 0.3) is 5.57 Å². The molecule has 37 heavy (non-hydrogen) atoms. The molecule has 0 saturated carbocycles. The molecule has 0 aromatic heterocycles. The molecule has 1 atom stereocenters. The fraction of sp³-hybridized carbons (Fsp3) is 0.333.